The van der Waals surface area contributed by atoms with Gasteiger partial charge in [-0.2, -0.15) is 0 Å². The number of benzene rings is 1. The van der Waals surface area contributed by atoms with E-state index in [4.69, 9.17) is 0 Å². The van der Waals surface area contributed by atoms with Crippen molar-refractivity contribution in [1.82, 2.24) is 4.90 Å². The van der Waals surface area contributed by atoms with Crippen molar-refractivity contribution in [3.05, 3.63) is 46.1 Å². The van der Waals surface area contributed by atoms with Crippen molar-refractivity contribution in [2.24, 2.45) is 0 Å². The Balaban J connectivity index is 3.17. The van der Waals surface area contributed by atoms with Gasteiger partial charge in [0.25, 0.3) is 5.91 Å². The van der Waals surface area contributed by atoms with Gasteiger partial charge in [0.2, 0.25) is 0 Å². The van der Waals surface area contributed by atoms with E-state index in [0.29, 0.717) is 24.0 Å². The number of amides is 1. The number of carbonyl (C=O) groups is 1. The molecule has 0 aliphatic heterocycles. The molecular weight excluding hydrogens is 350 g/mol. The molecule has 1 aromatic rings. The van der Waals surface area contributed by atoms with Crippen LogP contribution in [0.25, 0.3) is 0 Å². The number of phenols is 2. The van der Waals surface area contributed by atoms with Crippen LogP contribution in [-0.4, -0.2) is 35.1 Å². The maximum atomic E-state index is 12.7. The van der Waals surface area contributed by atoms with E-state index in [0.717, 1.165) is 37.7 Å². The molecule has 0 bridgehead atoms. The molecule has 0 spiro atoms. The first-order valence-corrected chi connectivity index (χ1v) is 10.3. The lowest BCUT2D eigenvalue weighted by molar-refractivity contribution is 0.0823. The Kier molecular flexibility index (Phi) is 9.84. The lowest BCUT2D eigenvalue weighted by Crippen LogP contribution is -2.23. The zero-order valence-electron chi connectivity index (χ0n) is 18.4. The average Bonchev–Trinajstić information content (AvgIpc) is 2.60. The second kappa shape index (κ2) is 11.6. The summed E-state index contributed by atoms with van der Waals surface area (Å²) in [5, 5.41) is 21.4. The highest BCUT2D eigenvalue weighted by Crippen LogP contribution is 2.36. The SMILES string of the molecule is CCCCCc1cc(O)c(CC=C(C)CCC=C(C)C)c(O)c1C(=O)N(C)C. The zero-order chi connectivity index (χ0) is 21.3. The first-order chi connectivity index (χ1) is 13.2. The quantitative estimate of drug-likeness (QED) is 0.396. The molecule has 0 saturated heterocycles. The van der Waals surface area contributed by atoms with Gasteiger partial charge >= 0.3 is 0 Å². The summed E-state index contributed by atoms with van der Waals surface area (Å²) in [5.74, 6) is -0.249. The minimum atomic E-state index is -0.227. The Morgan fingerprint density at radius 3 is 2.36 bits per heavy atom. The summed E-state index contributed by atoms with van der Waals surface area (Å²) in [6.07, 6.45) is 10.2. The molecule has 4 heteroatoms. The van der Waals surface area contributed by atoms with Crippen molar-refractivity contribution >= 4 is 5.91 Å². The fraction of sp³-hybridized carbons (Fsp3) is 0.542. The first-order valence-electron chi connectivity index (χ1n) is 10.3. The van der Waals surface area contributed by atoms with Crippen molar-refractivity contribution in [3.8, 4) is 11.5 Å². The largest absolute Gasteiger partial charge is 0.508 e. The maximum absolute atomic E-state index is 12.7. The smallest absolute Gasteiger partial charge is 0.257 e. The fourth-order valence-electron chi connectivity index (χ4n) is 3.14. The molecule has 1 aromatic carbocycles. The number of nitrogens with zero attached hydrogens (tertiary/aromatic N) is 1. The van der Waals surface area contributed by atoms with Gasteiger partial charge in [0.15, 0.2) is 0 Å². The molecule has 0 fully saturated rings. The Labute approximate surface area is 170 Å². The van der Waals surface area contributed by atoms with Crippen LogP contribution in [0.15, 0.2) is 29.4 Å². The molecule has 2 N–H and O–H groups in total. The van der Waals surface area contributed by atoms with Gasteiger partial charge in [-0.1, -0.05) is 43.1 Å². The maximum Gasteiger partial charge on any atom is 0.257 e. The Hall–Kier alpha value is -2.23. The van der Waals surface area contributed by atoms with Gasteiger partial charge in [0.05, 0.1) is 5.56 Å². The Morgan fingerprint density at radius 2 is 1.79 bits per heavy atom. The second-order valence-corrected chi connectivity index (χ2v) is 7.99. The van der Waals surface area contributed by atoms with Crippen LogP contribution in [0.2, 0.25) is 0 Å². The van der Waals surface area contributed by atoms with Crippen LogP contribution in [-0.2, 0) is 12.8 Å². The average molecular weight is 388 g/mol. The highest BCUT2D eigenvalue weighted by molar-refractivity contribution is 5.99. The molecule has 156 valence electrons. The number of aromatic hydroxyl groups is 2. The summed E-state index contributed by atoms with van der Waals surface area (Å²) >= 11 is 0. The van der Waals surface area contributed by atoms with Gasteiger partial charge in [0, 0.05) is 19.7 Å². The zero-order valence-corrected chi connectivity index (χ0v) is 18.4. The topological polar surface area (TPSA) is 60.8 Å². The summed E-state index contributed by atoms with van der Waals surface area (Å²) in [6, 6.07) is 1.66. The van der Waals surface area contributed by atoms with E-state index in [1.165, 1.54) is 16.0 Å². The van der Waals surface area contributed by atoms with Crippen LogP contribution in [0.3, 0.4) is 0 Å². The molecule has 0 aromatic heterocycles. The Bertz CT molecular complexity index is 726. The van der Waals surface area contributed by atoms with Crippen LogP contribution in [0.4, 0.5) is 0 Å². The number of hydrogen-bond acceptors (Lipinski definition) is 3. The molecule has 0 radical (unpaired) electrons. The first kappa shape index (κ1) is 23.8. The van der Waals surface area contributed by atoms with E-state index in [2.05, 4.69) is 33.8 Å². The number of rotatable bonds is 10. The molecule has 1 rings (SSSR count). The molecule has 0 saturated carbocycles. The lowest BCUT2D eigenvalue weighted by atomic mass is 9.94. The molecule has 0 aliphatic carbocycles. The van der Waals surface area contributed by atoms with Crippen molar-refractivity contribution in [1.29, 1.82) is 0 Å². The summed E-state index contributed by atoms with van der Waals surface area (Å²) in [7, 11) is 3.36. The number of aryl methyl sites for hydroxylation is 1. The van der Waals surface area contributed by atoms with Crippen molar-refractivity contribution in [3.63, 3.8) is 0 Å². The third kappa shape index (κ3) is 7.06. The minimum absolute atomic E-state index is 0.0626. The van der Waals surface area contributed by atoms with Gasteiger partial charge in [-0.15, -0.1) is 0 Å². The number of allylic oxidation sites excluding steroid dienone is 4. The fourth-order valence-corrected chi connectivity index (χ4v) is 3.14. The molecule has 4 nitrogen and oxygen atoms in total. The van der Waals surface area contributed by atoms with E-state index in [-0.39, 0.29) is 17.4 Å². The van der Waals surface area contributed by atoms with Crippen LogP contribution < -0.4 is 0 Å². The predicted molar refractivity (Wildman–Crippen MR) is 117 cm³/mol. The van der Waals surface area contributed by atoms with Gasteiger partial charge in [-0.25, -0.2) is 0 Å². The summed E-state index contributed by atoms with van der Waals surface area (Å²) in [5.41, 5.74) is 3.96. The van der Waals surface area contributed by atoms with Gasteiger partial charge in [-0.3, -0.25) is 4.79 Å². The van der Waals surface area contributed by atoms with E-state index in [1.54, 1.807) is 20.2 Å². The molecule has 28 heavy (non-hydrogen) atoms. The normalized spacial score (nSPS) is 11.4. The third-order valence-corrected chi connectivity index (χ3v) is 4.88. The second-order valence-electron chi connectivity index (χ2n) is 7.99. The molecular formula is C24H37NO3. The molecule has 1 amide bonds. The summed E-state index contributed by atoms with van der Waals surface area (Å²) in [6.45, 7) is 8.34. The van der Waals surface area contributed by atoms with Gasteiger partial charge < -0.3 is 15.1 Å². The lowest BCUT2D eigenvalue weighted by Gasteiger charge is -2.19. The third-order valence-electron chi connectivity index (χ3n) is 4.88. The monoisotopic (exact) mass is 387 g/mol. The van der Waals surface area contributed by atoms with E-state index in [9.17, 15) is 15.0 Å². The number of carbonyl (C=O) groups excluding carboxylic acids is 1. The molecule has 0 atom stereocenters. The predicted octanol–water partition coefficient (Wildman–Crippen LogP) is 5.77. The highest BCUT2D eigenvalue weighted by Gasteiger charge is 2.23. The van der Waals surface area contributed by atoms with Crippen LogP contribution in [0.5, 0.6) is 11.5 Å². The van der Waals surface area contributed by atoms with E-state index in [1.807, 2.05) is 6.08 Å². The van der Waals surface area contributed by atoms with E-state index >= 15 is 0 Å². The van der Waals surface area contributed by atoms with Crippen LogP contribution in [0.1, 0.15) is 81.3 Å². The van der Waals surface area contributed by atoms with Crippen LogP contribution in [0, 0.1) is 0 Å². The molecule has 0 aliphatic rings. The van der Waals surface area contributed by atoms with E-state index < -0.39 is 0 Å². The van der Waals surface area contributed by atoms with Crippen molar-refractivity contribution in [2.75, 3.05) is 14.1 Å². The van der Waals surface area contributed by atoms with Crippen molar-refractivity contribution in [2.45, 2.75) is 72.6 Å². The number of unbranched alkanes of at least 4 members (excludes halogenated alkanes) is 2. The number of hydrogen-bond donors (Lipinski definition) is 2. The standard InChI is InChI=1S/C24H37NO3/c1-7-8-9-13-19-16-21(26)20(23(27)22(19)24(28)25(5)6)15-14-18(4)12-10-11-17(2)3/h11,14,16,26-27H,7-10,12-13,15H2,1-6H3. The van der Waals surface area contributed by atoms with Gasteiger partial charge in [-0.05, 0) is 64.5 Å². The minimum Gasteiger partial charge on any atom is -0.508 e. The molecule has 0 unspecified atom stereocenters. The molecule has 0 heterocycles. The number of phenolic OH excluding ortho intramolecular Hbond substituents is 2. The Morgan fingerprint density at radius 1 is 1.11 bits per heavy atom. The van der Waals surface area contributed by atoms with Crippen molar-refractivity contribution < 1.29 is 15.0 Å². The summed E-state index contributed by atoms with van der Waals surface area (Å²) in [4.78, 5) is 14.2. The highest BCUT2D eigenvalue weighted by atomic mass is 16.3. The van der Waals surface area contributed by atoms with Crippen LogP contribution >= 0.6 is 0 Å². The van der Waals surface area contributed by atoms with Gasteiger partial charge in [0.1, 0.15) is 11.5 Å². The summed E-state index contributed by atoms with van der Waals surface area (Å²) < 4.78 is 0.